The minimum absolute atomic E-state index is 0.288. The van der Waals surface area contributed by atoms with Crippen molar-refractivity contribution >= 4 is 23.2 Å². The second-order valence-electron chi connectivity index (χ2n) is 6.04. The number of carbonyl (C=O) groups is 1. The molecular formula is C21H22N4O3. The van der Waals surface area contributed by atoms with Crippen molar-refractivity contribution in [2.75, 3.05) is 24.4 Å². The van der Waals surface area contributed by atoms with Gasteiger partial charge in [0.1, 0.15) is 11.5 Å². The fourth-order valence-electron chi connectivity index (χ4n) is 2.55. The van der Waals surface area contributed by atoms with Gasteiger partial charge in [0.15, 0.2) is 0 Å². The Morgan fingerprint density at radius 3 is 2.43 bits per heavy atom. The van der Waals surface area contributed by atoms with Crippen molar-refractivity contribution in [3.05, 3.63) is 66.0 Å². The summed E-state index contributed by atoms with van der Waals surface area (Å²) >= 11 is 0. The van der Waals surface area contributed by atoms with Crippen molar-refractivity contribution in [3.8, 4) is 11.5 Å². The molecule has 2 aromatic carbocycles. The highest BCUT2D eigenvalue weighted by Crippen LogP contribution is 2.27. The number of ether oxygens (including phenoxy) is 2. The normalized spacial score (nSPS) is 10.2. The van der Waals surface area contributed by atoms with E-state index in [1.807, 2.05) is 32.0 Å². The summed E-state index contributed by atoms with van der Waals surface area (Å²) in [6.07, 6.45) is 2.95. The van der Waals surface area contributed by atoms with E-state index in [2.05, 4.69) is 20.6 Å². The first-order valence-corrected chi connectivity index (χ1v) is 8.87. The highest BCUT2D eigenvalue weighted by atomic mass is 16.5. The molecule has 1 amide bonds. The van der Waals surface area contributed by atoms with Gasteiger partial charge in [0, 0.05) is 18.1 Å². The first-order chi connectivity index (χ1) is 13.6. The molecule has 0 saturated heterocycles. The molecule has 0 unspecified atom stereocenters. The number of methoxy groups -OCH3 is 1. The molecule has 0 aliphatic rings. The molecule has 0 radical (unpaired) electrons. The molecule has 0 fully saturated rings. The molecule has 0 saturated carbocycles. The Labute approximate surface area is 163 Å². The van der Waals surface area contributed by atoms with E-state index in [9.17, 15) is 4.79 Å². The van der Waals surface area contributed by atoms with E-state index in [0.29, 0.717) is 29.6 Å². The van der Waals surface area contributed by atoms with Crippen LogP contribution in [-0.2, 0) is 0 Å². The zero-order valence-corrected chi connectivity index (χ0v) is 16.0. The van der Waals surface area contributed by atoms with Crippen LogP contribution in [0.15, 0.2) is 54.9 Å². The minimum atomic E-state index is -0.288. The summed E-state index contributed by atoms with van der Waals surface area (Å²) in [7, 11) is 1.60. The van der Waals surface area contributed by atoms with Crippen LogP contribution < -0.4 is 20.1 Å². The van der Waals surface area contributed by atoms with Gasteiger partial charge in [-0.1, -0.05) is 6.07 Å². The Balaban J connectivity index is 1.66. The number of rotatable bonds is 7. The average molecular weight is 378 g/mol. The highest BCUT2D eigenvalue weighted by molar-refractivity contribution is 6.03. The van der Waals surface area contributed by atoms with Gasteiger partial charge >= 0.3 is 0 Å². The Kier molecular flexibility index (Phi) is 6.06. The number of aryl methyl sites for hydroxylation is 1. The van der Waals surface area contributed by atoms with Gasteiger partial charge in [0.05, 0.1) is 25.0 Å². The molecule has 3 rings (SSSR count). The average Bonchev–Trinajstić information content (AvgIpc) is 2.70. The summed E-state index contributed by atoms with van der Waals surface area (Å²) in [6, 6.07) is 12.9. The molecule has 3 aromatic rings. The number of aromatic nitrogens is 2. The number of nitrogens with one attached hydrogen (secondary N) is 2. The number of anilines is 3. The van der Waals surface area contributed by atoms with Crippen molar-refractivity contribution < 1.29 is 14.3 Å². The highest BCUT2D eigenvalue weighted by Gasteiger charge is 2.10. The SMILES string of the molecule is CCOc1ccc(NC(=O)c2cnc(Nc3cc(C)ccc3OC)nc2)cc1. The van der Waals surface area contributed by atoms with Crippen LogP contribution in [0.4, 0.5) is 17.3 Å². The standard InChI is InChI=1S/C21H22N4O3/c1-4-28-17-8-6-16(7-9-17)24-20(26)15-12-22-21(23-13-15)25-18-11-14(2)5-10-19(18)27-3/h5-13H,4H2,1-3H3,(H,24,26)(H,22,23,25). The van der Waals surface area contributed by atoms with Crippen LogP contribution in [0.5, 0.6) is 11.5 Å². The summed E-state index contributed by atoms with van der Waals surface area (Å²) in [4.78, 5) is 20.8. The summed E-state index contributed by atoms with van der Waals surface area (Å²) < 4.78 is 10.7. The summed E-state index contributed by atoms with van der Waals surface area (Å²) in [5.74, 6) is 1.53. The lowest BCUT2D eigenvalue weighted by atomic mass is 10.2. The maximum atomic E-state index is 12.4. The zero-order valence-electron chi connectivity index (χ0n) is 16.0. The second kappa shape index (κ2) is 8.85. The van der Waals surface area contributed by atoms with Crippen LogP contribution in [0.25, 0.3) is 0 Å². The molecule has 0 spiro atoms. The topological polar surface area (TPSA) is 85.4 Å². The molecule has 2 N–H and O–H groups in total. The molecule has 0 bridgehead atoms. The first-order valence-electron chi connectivity index (χ1n) is 8.87. The van der Waals surface area contributed by atoms with Crippen molar-refractivity contribution in [1.82, 2.24) is 9.97 Å². The van der Waals surface area contributed by atoms with Gasteiger partial charge in [-0.05, 0) is 55.8 Å². The third-order valence-corrected chi connectivity index (χ3v) is 3.94. The molecular weight excluding hydrogens is 356 g/mol. The van der Waals surface area contributed by atoms with E-state index in [1.165, 1.54) is 12.4 Å². The molecule has 0 atom stereocenters. The Hall–Kier alpha value is -3.61. The van der Waals surface area contributed by atoms with Crippen molar-refractivity contribution in [3.63, 3.8) is 0 Å². The maximum absolute atomic E-state index is 12.4. The monoisotopic (exact) mass is 378 g/mol. The number of nitrogens with zero attached hydrogens (tertiary/aromatic N) is 2. The van der Waals surface area contributed by atoms with Crippen molar-refractivity contribution in [1.29, 1.82) is 0 Å². The van der Waals surface area contributed by atoms with Gasteiger partial charge in [-0.25, -0.2) is 9.97 Å². The van der Waals surface area contributed by atoms with Gasteiger partial charge in [0.25, 0.3) is 5.91 Å². The lowest BCUT2D eigenvalue weighted by Crippen LogP contribution is -2.13. The molecule has 0 aliphatic heterocycles. The van der Waals surface area contributed by atoms with E-state index in [4.69, 9.17) is 9.47 Å². The van der Waals surface area contributed by atoms with Crippen LogP contribution in [0.3, 0.4) is 0 Å². The third kappa shape index (κ3) is 4.76. The van der Waals surface area contributed by atoms with Gasteiger partial charge in [-0.15, -0.1) is 0 Å². The largest absolute Gasteiger partial charge is 0.495 e. The predicted molar refractivity (Wildman–Crippen MR) is 109 cm³/mol. The summed E-state index contributed by atoms with van der Waals surface area (Å²) in [5, 5.41) is 5.91. The van der Waals surface area contributed by atoms with Crippen molar-refractivity contribution in [2.45, 2.75) is 13.8 Å². The van der Waals surface area contributed by atoms with Crippen LogP contribution in [0.1, 0.15) is 22.8 Å². The summed E-state index contributed by atoms with van der Waals surface area (Å²) in [6.45, 7) is 4.50. The molecule has 7 heteroatoms. The zero-order chi connectivity index (χ0) is 19.9. The maximum Gasteiger partial charge on any atom is 0.258 e. The number of amides is 1. The molecule has 28 heavy (non-hydrogen) atoms. The van der Waals surface area contributed by atoms with Crippen LogP contribution >= 0.6 is 0 Å². The summed E-state index contributed by atoms with van der Waals surface area (Å²) in [5.41, 5.74) is 2.86. The fourth-order valence-corrected chi connectivity index (χ4v) is 2.55. The van der Waals surface area contributed by atoms with Crippen molar-refractivity contribution in [2.24, 2.45) is 0 Å². The first kappa shape index (κ1) is 19.2. The second-order valence-corrected chi connectivity index (χ2v) is 6.04. The van der Waals surface area contributed by atoms with Gasteiger partial charge in [-0.3, -0.25) is 4.79 Å². The minimum Gasteiger partial charge on any atom is -0.495 e. The number of benzene rings is 2. The van der Waals surface area contributed by atoms with E-state index in [-0.39, 0.29) is 5.91 Å². The van der Waals surface area contributed by atoms with Crippen LogP contribution in [0, 0.1) is 6.92 Å². The van der Waals surface area contributed by atoms with Crippen LogP contribution in [0.2, 0.25) is 0 Å². The number of hydrogen-bond donors (Lipinski definition) is 2. The molecule has 0 aliphatic carbocycles. The predicted octanol–water partition coefficient (Wildman–Crippen LogP) is 4.19. The van der Waals surface area contributed by atoms with Gasteiger partial charge < -0.3 is 20.1 Å². The molecule has 7 nitrogen and oxygen atoms in total. The third-order valence-electron chi connectivity index (χ3n) is 3.94. The number of carbonyl (C=O) groups excluding carboxylic acids is 1. The fraction of sp³-hybridized carbons (Fsp3) is 0.190. The smallest absolute Gasteiger partial charge is 0.258 e. The number of hydrogen-bond acceptors (Lipinski definition) is 6. The Bertz CT molecular complexity index is 941. The Morgan fingerprint density at radius 2 is 1.79 bits per heavy atom. The quantitative estimate of drug-likeness (QED) is 0.641. The molecule has 1 aromatic heterocycles. The molecule has 1 heterocycles. The van der Waals surface area contributed by atoms with Crippen LogP contribution in [-0.4, -0.2) is 29.6 Å². The molecule has 144 valence electrons. The van der Waals surface area contributed by atoms with Gasteiger partial charge in [0.2, 0.25) is 5.95 Å². The lowest BCUT2D eigenvalue weighted by Gasteiger charge is -2.11. The van der Waals surface area contributed by atoms with E-state index >= 15 is 0 Å². The van der Waals surface area contributed by atoms with E-state index in [1.54, 1.807) is 31.4 Å². The Morgan fingerprint density at radius 1 is 1.07 bits per heavy atom. The lowest BCUT2D eigenvalue weighted by molar-refractivity contribution is 0.102. The van der Waals surface area contributed by atoms with Gasteiger partial charge in [-0.2, -0.15) is 0 Å². The van der Waals surface area contributed by atoms with E-state index in [0.717, 1.165) is 17.0 Å². The van der Waals surface area contributed by atoms with E-state index < -0.39 is 0 Å².